The van der Waals surface area contributed by atoms with Crippen molar-refractivity contribution in [3.05, 3.63) is 35.6 Å². The van der Waals surface area contributed by atoms with Crippen LogP contribution >= 0.6 is 0 Å². The Kier molecular flexibility index (Phi) is 6.27. The van der Waals surface area contributed by atoms with Gasteiger partial charge in [0.15, 0.2) is 11.5 Å². The third-order valence-electron chi connectivity index (χ3n) is 7.35. The molecule has 0 aromatic heterocycles. The highest BCUT2D eigenvalue weighted by Crippen LogP contribution is 2.49. The number of likely N-dealkylation sites (tertiary alicyclic amines) is 1. The minimum absolute atomic E-state index is 0.00300. The number of likely N-dealkylation sites (N-methyl/N-ethyl adjacent to an activating group) is 1. The largest absolute Gasteiger partial charge is 0.493 e. The van der Waals surface area contributed by atoms with Crippen molar-refractivity contribution in [3.8, 4) is 11.5 Å². The van der Waals surface area contributed by atoms with E-state index in [9.17, 15) is 4.79 Å². The summed E-state index contributed by atoms with van der Waals surface area (Å²) in [6.45, 7) is 7.10. The summed E-state index contributed by atoms with van der Waals surface area (Å²) in [4.78, 5) is 15.1. The topological polar surface area (TPSA) is 48.0 Å². The second-order valence-electron chi connectivity index (χ2n) is 8.69. The van der Waals surface area contributed by atoms with E-state index >= 15 is 0 Å². The highest BCUT2D eigenvalue weighted by molar-refractivity contribution is 5.77. The zero-order chi connectivity index (χ0) is 21.2. The van der Waals surface area contributed by atoms with Crippen LogP contribution in [-0.4, -0.2) is 44.7 Å². The lowest BCUT2D eigenvalue weighted by molar-refractivity contribution is -0.151. The van der Waals surface area contributed by atoms with Crippen molar-refractivity contribution in [1.29, 1.82) is 0 Å². The van der Waals surface area contributed by atoms with Crippen molar-refractivity contribution in [2.75, 3.05) is 27.8 Å². The molecule has 1 aliphatic carbocycles. The van der Waals surface area contributed by atoms with Gasteiger partial charge in [-0.1, -0.05) is 19.9 Å². The van der Waals surface area contributed by atoms with E-state index in [1.807, 2.05) is 26.8 Å². The monoisotopic (exact) mass is 401 g/mol. The fourth-order valence-electron chi connectivity index (χ4n) is 4.72. The molecule has 0 bridgehead atoms. The molecule has 1 aliphatic heterocycles. The Labute approximate surface area is 175 Å². The number of rotatable bonds is 7. The summed E-state index contributed by atoms with van der Waals surface area (Å²) < 4.78 is 16.9. The zero-order valence-electron chi connectivity index (χ0n) is 18.7. The van der Waals surface area contributed by atoms with Crippen LogP contribution < -0.4 is 9.47 Å². The number of hydrogen-bond donors (Lipinski definition) is 0. The standard InChI is InChI=1S/C24H35NO4/c1-7-23(3,8-2)22(26)29-18-11-12-24(13-14-25(4)21(24)16-18)17-9-10-19(27-5)20(15-17)28-6/h9-10,15-16,21H,7-8,11-14H2,1-6H3/t21-,24-/m0/s1. The van der Waals surface area contributed by atoms with Crippen molar-refractivity contribution in [3.63, 3.8) is 0 Å². The predicted octanol–water partition coefficient (Wildman–Crippen LogP) is 4.69. The molecule has 1 saturated heterocycles. The maximum absolute atomic E-state index is 12.8. The summed E-state index contributed by atoms with van der Waals surface area (Å²) in [5.41, 5.74) is 0.849. The molecule has 0 radical (unpaired) electrons. The van der Waals surface area contributed by atoms with Gasteiger partial charge in [0.05, 0.1) is 19.6 Å². The van der Waals surface area contributed by atoms with Crippen molar-refractivity contribution in [1.82, 2.24) is 4.90 Å². The molecule has 0 unspecified atom stereocenters. The van der Waals surface area contributed by atoms with Gasteiger partial charge in [-0.3, -0.25) is 9.69 Å². The molecule has 29 heavy (non-hydrogen) atoms. The highest BCUT2D eigenvalue weighted by atomic mass is 16.5. The van der Waals surface area contributed by atoms with Crippen LogP contribution in [0.2, 0.25) is 0 Å². The van der Waals surface area contributed by atoms with Gasteiger partial charge in [-0.25, -0.2) is 0 Å². The van der Waals surface area contributed by atoms with Crippen molar-refractivity contribution in [2.24, 2.45) is 5.41 Å². The number of benzene rings is 1. The molecule has 1 aromatic rings. The van der Waals surface area contributed by atoms with E-state index in [0.717, 1.165) is 55.9 Å². The Morgan fingerprint density at radius 3 is 2.48 bits per heavy atom. The molecule has 1 heterocycles. The van der Waals surface area contributed by atoms with Crippen LogP contribution in [0.1, 0.15) is 58.4 Å². The SMILES string of the molecule is CCC(C)(CC)C(=O)OC1=C[C@@H]2N(C)CC[C@]2(c2ccc(OC)c(OC)c2)CC1. The number of carbonyl (C=O) groups is 1. The average molecular weight is 402 g/mol. The fraction of sp³-hybridized carbons (Fsp3) is 0.625. The van der Waals surface area contributed by atoms with Crippen LogP contribution in [0.5, 0.6) is 11.5 Å². The summed E-state index contributed by atoms with van der Waals surface area (Å²) in [6.07, 6.45) is 6.54. The first-order valence-electron chi connectivity index (χ1n) is 10.7. The van der Waals surface area contributed by atoms with E-state index in [2.05, 4.69) is 30.2 Å². The minimum atomic E-state index is -0.416. The molecule has 160 valence electrons. The number of hydrogen-bond acceptors (Lipinski definition) is 5. The smallest absolute Gasteiger partial charge is 0.316 e. The number of methoxy groups -OCH3 is 2. The Morgan fingerprint density at radius 1 is 1.17 bits per heavy atom. The molecule has 1 fully saturated rings. The summed E-state index contributed by atoms with van der Waals surface area (Å²) in [5.74, 6) is 2.22. The number of carbonyl (C=O) groups excluding carboxylic acids is 1. The van der Waals surface area contributed by atoms with E-state index in [4.69, 9.17) is 14.2 Å². The van der Waals surface area contributed by atoms with E-state index < -0.39 is 5.41 Å². The van der Waals surface area contributed by atoms with Crippen molar-refractivity contribution in [2.45, 2.75) is 64.3 Å². The van der Waals surface area contributed by atoms with Crippen LogP contribution in [-0.2, 0) is 14.9 Å². The molecule has 2 aliphatic rings. The van der Waals surface area contributed by atoms with Crippen LogP contribution in [0.3, 0.4) is 0 Å². The molecule has 1 aromatic carbocycles. The third kappa shape index (κ3) is 3.77. The maximum Gasteiger partial charge on any atom is 0.316 e. The van der Waals surface area contributed by atoms with Gasteiger partial charge in [-0.15, -0.1) is 0 Å². The lowest BCUT2D eigenvalue weighted by Crippen LogP contribution is -2.43. The van der Waals surface area contributed by atoms with Gasteiger partial charge < -0.3 is 14.2 Å². The number of fused-ring (bicyclic) bond motifs is 1. The molecule has 2 atom stereocenters. The summed E-state index contributed by atoms with van der Waals surface area (Å²) in [5, 5.41) is 0. The quantitative estimate of drug-likeness (QED) is 0.620. The Hall–Kier alpha value is -2.01. The predicted molar refractivity (Wildman–Crippen MR) is 114 cm³/mol. The van der Waals surface area contributed by atoms with Gasteiger partial charge in [-0.05, 0) is 70.0 Å². The first kappa shape index (κ1) is 21.7. The van der Waals surface area contributed by atoms with E-state index in [1.54, 1.807) is 14.2 Å². The first-order valence-corrected chi connectivity index (χ1v) is 10.7. The van der Waals surface area contributed by atoms with Crippen LogP contribution in [0.4, 0.5) is 0 Å². The molecule has 0 amide bonds. The van der Waals surface area contributed by atoms with Crippen LogP contribution in [0.15, 0.2) is 30.0 Å². The third-order valence-corrected chi connectivity index (χ3v) is 7.35. The van der Waals surface area contributed by atoms with E-state index in [-0.39, 0.29) is 17.4 Å². The minimum Gasteiger partial charge on any atom is -0.493 e. The van der Waals surface area contributed by atoms with Gasteiger partial charge in [0.2, 0.25) is 0 Å². The van der Waals surface area contributed by atoms with Crippen molar-refractivity contribution >= 4 is 5.97 Å². The summed E-state index contributed by atoms with van der Waals surface area (Å²) in [7, 11) is 5.48. The molecule has 3 rings (SSSR count). The zero-order valence-corrected chi connectivity index (χ0v) is 18.7. The van der Waals surface area contributed by atoms with Crippen LogP contribution in [0, 0.1) is 5.41 Å². The molecule has 5 nitrogen and oxygen atoms in total. The number of allylic oxidation sites excluding steroid dienone is 1. The Bertz CT molecular complexity index is 783. The lowest BCUT2D eigenvalue weighted by Gasteiger charge is -2.40. The molecular weight excluding hydrogens is 366 g/mol. The lowest BCUT2D eigenvalue weighted by atomic mass is 9.68. The van der Waals surface area contributed by atoms with Gasteiger partial charge in [-0.2, -0.15) is 0 Å². The second kappa shape index (κ2) is 8.39. The second-order valence-corrected chi connectivity index (χ2v) is 8.69. The summed E-state index contributed by atoms with van der Waals surface area (Å²) >= 11 is 0. The maximum atomic E-state index is 12.8. The molecule has 0 spiro atoms. The van der Waals surface area contributed by atoms with Crippen LogP contribution in [0.25, 0.3) is 0 Å². The number of ether oxygens (including phenoxy) is 3. The number of nitrogens with zero attached hydrogens (tertiary/aromatic N) is 1. The average Bonchev–Trinajstić information content (AvgIpc) is 3.09. The summed E-state index contributed by atoms with van der Waals surface area (Å²) in [6, 6.07) is 6.46. The normalized spacial score (nSPS) is 24.6. The Morgan fingerprint density at radius 2 is 1.86 bits per heavy atom. The van der Waals surface area contributed by atoms with Gasteiger partial charge in [0, 0.05) is 17.9 Å². The fourth-order valence-corrected chi connectivity index (χ4v) is 4.72. The molecule has 0 saturated carbocycles. The van der Waals surface area contributed by atoms with Gasteiger partial charge >= 0.3 is 5.97 Å². The van der Waals surface area contributed by atoms with Gasteiger partial charge in [0.25, 0.3) is 0 Å². The molecule has 0 N–H and O–H groups in total. The van der Waals surface area contributed by atoms with E-state index in [1.165, 1.54) is 5.56 Å². The Balaban J connectivity index is 1.90. The first-order chi connectivity index (χ1) is 13.8. The molecule has 5 heteroatoms. The number of esters is 1. The van der Waals surface area contributed by atoms with Gasteiger partial charge in [0.1, 0.15) is 5.76 Å². The molecular formula is C24H35NO4. The van der Waals surface area contributed by atoms with E-state index in [0.29, 0.717) is 0 Å². The highest BCUT2D eigenvalue weighted by Gasteiger charge is 2.49. The van der Waals surface area contributed by atoms with Crippen molar-refractivity contribution < 1.29 is 19.0 Å².